The molecule has 6 rings (SSSR count). The number of carbonyl (C=O) groups is 4. The van der Waals surface area contributed by atoms with Crippen molar-refractivity contribution < 1.29 is 33.4 Å². The first-order valence-corrected chi connectivity index (χ1v) is 19.7. The van der Waals surface area contributed by atoms with E-state index in [9.17, 15) is 24.0 Å². The molecule has 0 bridgehead atoms. The number of aromatic nitrogens is 2. The molecule has 3 aliphatic heterocycles. The number of fused-ring (bicyclic) bond motifs is 1. The summed E-state index contributed by atoms with van der Waals surface area (Å²) in [6.07, 6.45) is 3.08. The molecule has 2 saturated heterocycles. The van der Waals surface area contributed by atoms with Gasteiger partial charge in [-0.3, -0.25) is 29.3 Å². The lowest BCUT2D eigenvalue weighted by molar-refractivity contribution is -0.136. The van der Waals surface area contributed by atoms with Crippen LogP contribution in [0.15, 0.2) is 57.9 Å². The molecule has 4 N–H and O–H groups in total. The number of hydrogen-bond acceptors (Lipinski definition) is 12. The second-order valence-corrected chi connectivity index (χ2v) is 15.0. The lowest BCUT2D eigenvalue weighted by atomic mass is 9.87. The molecule has 0 saturated carbocycles. The summed E-state index contributed by atoms with van der Waals surface area (Å²) in [5.74, 6) is -0.844. The normalized spacial score (nSPS) is 19.8. The van der Waals surface area contributed by atoms with Gasteiger partial charge < -0.3 is 40.0 Å². The van der Waals surface area contributed by atoms with E-state index in [4.69, 9.17) is 14.2 Å². The zero-order valence-corrected chi connectivity index (χ0v) is 33.3. The summed E-state index contributed by atoms with van der Waals surface area (Å²) in [6, 6.07) is 12.7. The number of imide groups is 1. The van der Waals surface area contributed by atoms with Gasteiger partial charge in [-0.15, -0.1) is 0 Å². The van der Waals surface area contributed by atoms with Crippen LogP contribution in [-0.2, 0) is 37.4 Å². The van der Waals surface area contributed by atoms with Gasteiger partial charge in [-0.05, 0) is 71.6 Å². The van der Waals surface area contributed by atoms with Crippen molar-refractivity contribution in [3.05, 3.63) is 85.7 Å². The monoisotopic (exact) mass is 836 g/mol. The van der Waals surface area contributed by atoms with E-state index in [-0.39, 0.29) is 41.7 Å². The number of likely N-dealkylation sites (N-methyl/N-ethyl adjacent to an activating group) is 1. The van der Waals surface area contributed by atoms with Crippen molar-refractivity contribution >= 4 is 50.9 Å². The number of anilines is 2. The van der Waals surface area contributed by atoms with Crippen LogP contribution in [0.1, 0.15) is 57.0 Å². The second-order valence-electron chi connectivity index (χ2n) is 14.2. The Bertz CT molecular complexity index is 1940. The number of nitrogens with zero attached hydrogens (tertiary/aromatic N) is 4. The van der Waals surface area contributed by atoms with Gasteiger partial charge in [0, 0.05) is 74.6 Å². The average molecular weight is 838 g/mol. The van der Waals surface area contributed by atoms with Crippen LogP contribution in [0.5, 0.6) is 0 Å². The van der Waals surface area contributed by atoms with Gasteiger partial charge in [-0.2, -0.15) is 5.10 Å². The first kappa shape index (κ1) is 41.0. The summed E-state index contributed by atoms with van der Waals surface area (Å²) in [5, 5.41) is 16.2. The van der Waals surface area contributed by atoms with Crippen molar-refractivity contribution in [3.8, 4) is 0 Å². The maximum absolute atomic E-state index is 13.0. The van der Waals surface area contributed by atoms with Crippen LogP contribution in [0.4, 0.5) is 11.4 Å². The predicted molar refractivity (Wildman–Crippen MR) is 212 cm³/mol. The van der Waals surface area contributed by atoms with Crippen LogP contribution in [0.2, 0.25) is 0 Å². The first-order chi connectivity index (χ1) is 27.1. The molecule has 17 heteroatoms. The number of rotatable bonds is 18. The Hall–Kier alpha value is -4.68. The number of aryl methyl sites for hydroxylation is 1. The third-order valence-electron chi connectivity index (χ3n) is 10.1. The number of carbonyl (C=O) groups excluding carboxylic acids is 4. The zero-order valence-electron chi connectivity index (χ0n) is 31.7. The summed E-state index contributed by atoms with van der Waals surface area (Å²) < 4.78 is 18.6. The second kappa shape index (κ2) is 19.5. The van der Waals surface area contributed by atoms with Crippen molar-refractivity contribution in [2.45, 2.75) is 43.8 Å². The highest BCUT2D eigenvalue weighted by atomic mass is 79.9. The Kier molecular flexibility index (Phi) is 14.2. The van der Waals surface area contributed by atoms with Crippen LogP contribution in [0, 0.1) is 0 Å². The van der Waals surface area contributed by atoms with Gasteiger partial charge in [0.15, 0.2) is 0 Å². The van der Waals surface area contributed by atoms with Crippen LogP contribution in [0.3, 0.4) is 0 Å². The van der Waals surface area contributed by atoms with Crippen molar-refractivity contribution in [1.29, 1.82) is 0 Å². The third kappa shape index (κ3) is 10.4. The van der Waals surface area contributed by atoms with Gasteiger partial charge in [0.2, 0.25) is 11.8 Å². The van der Waals surface area contributed by atoms with Gasteiger partial charge in [-0.1, -0.05) is 18.2 Å². The van der Waals surface area contributed by atoms with Crippen molar-refractivity contribution in [3.63, 3.8) is 0 Å². The van der Waals surface area contributed by atoms with Gasteiger partial charge in [0.1, 0.15) is 10.5 Å². The largest absolute Gasteiger partial charge is 0.382 e. The number of nitrogens with one attached hydrogen (secondary N) is 4. The smallest absolute Gasteiger partial charge is 0.282 e. The SMILES string of the molecule is CN1C[C@H](Nc2cnn(C)c(=O)c2Br)C[C@H](c2ccc(C(=O)NCCOCCOCCOCCNc3cccc4c3CN(C3CCC(=O)NC3=O)C4=O)cc2)C1. The van der Waals surface area contributed by atoms with E-state index in [1.165, 1.54) is 9.58 Å². The number of ether oxygens (including phenoxy) is 3. The molecule has 2 aromatic carbocycles. The highest BCUT2D eigenvalue weighted by molar-refractivity contribution is 9.10. The third-order valence-corrected chi connectivity index (χ3v) is 10.9. The number of benzene rings is 2. The Morgan fingerprint density at radius 2 is 1.62 bits per heavy atom. The molecule has 0 aliphatic carbocycles. The molecule has 4 amide bonds. The molecule has 56 heavy (non-hydrogen) atoms. The fraction of sp³-hybridized carbons (Fsp3) is 0.487. The van der Waals surface area contributed by atoms with Crippen molar-refractivity contribution in [1.82, 2.24) is 30.2 Å². The Balaban J connectivity index is 0.802. The molecule has 3 aliphatic rings. The number of amides is 4. The number of hydrogen-bond donors (Lipinski definition) is 4. The Morgan fingerprint density at radius 1 is 0.911 bits per heavy atom. The van der Waals surface area contributed by atoms with Crippen LogP contribution in [0.25, 0.3) is 0 Å². The zero-order chi connectivity index (χ0) is 39.6. The quantitative estimate of drug-likeness (QED) is 0.108. The lowest BCUT2D eigenvalue weighted by Crippen LogP contribution is -2.52. The minimum absolute atomic E-state index is 0.126. The van der Waals surface area contributed by atoms with E-state index in [2.05, 4.69) is 54.2 Å². The number of likely N-dealkylation sites (tertiary alicyclic amines) is 1. The number of piperidine rings is 2. The fourth-order valence-corrected chi connectivity index (χ4v) is 7.77. The van der Waals surface area contributed by atoms with E-state index in [1.807, 2.05) is 30.3 Å². The molecule has 0 spiro atoms. The van der Waals surface area contributed by atoms with E-state index < -0.39 is 11.9 Å². The molecular weight excluding hydrogens is 788 g/mol. The van der Waals surface area contributed by atoms with E-state index in [1.54, 1.807) is 25.4 Å². The molecule has 0 radical (unpaired) electrons. The molecule has 16 nitrogen and oxygen atoms in total. The van der Waals surface area contributed by atoms with Crippen molar-refractivity contribution in [2.24, 2.45) is 7.05 Å². The Labute approximate surface area is 333 Å². The van der Waals surface area contributed by atoms with Crippen LogP contribution in [-0.4, -0.2) is 128 Å². The maximum Gasteiger partial charge on any atom is 0.282 e. The topological polar surface area (TPSA) is 185 Å². The maximum atomic E-state index is 13.0. The summed E-state index contributed by atoms with van der Waals surface area (Å²) >= 11 is 3.40. The number of halogens is 1. The Morgan fingerprint density at radius 3 is 2.36 bits per heavy atom. The van der Waals surface area contributed by atoms with Crippen LogP contribution < -0.4 is 26.8 Å². The molecule has 2 fully saturated rings. The van der Waals surface area contributed by atoms with E-state index in [0.29, 0.717) is 87.0 Å². The predicted octanol–water partition coefficient (Wildman–Crippen LogP) is 2.10. The van der Waals surface area contributed by atoms with E-state index in [0.717, 1.165) is 36.3 Å². The van der Waals surface area contributed by atoms with Gasteiger partial charge in [0.25, 0.3) is 17.4 Å². The van der Waals surface area contributed by atoms with Crippen molar-refractivity contribution in [2.75, 3.05) is 83.5 Å². The molecule has 3 aromatic rings. The lowest BCUT2D eigenvalue weighted by Gasteiger charge is -2.37. The first-order valence-electron chi connectivity index (χ1n) is 18.9. The average Bonchev–Trinajstić information content (AvgIpc) is 3.52. The summed E-state index contributed by atoms with van der Waals surface area (Å²) in [7, 11) is 3.70. The summed E-state index contributed by atoms with van der Waals surface area (Å²) in [4.78, 5) is 65.7. The van der Waals surface area contributed by atoms with Gasteiger partial charge in [0.05, 0.1) is 51.5 Å². The highest BCUT2D eigenvalue weighted by Gasteiger charge is 2.39. The molecule has 1 aromatic heterocycles. The van der Waals surface area contributed by atoms with E-state index >= 15 is 0 Å². The summed E-state index contributed by atoms with van der Waals surface area (Å²) in [5.41, 5.74) is 4.43. The van der Waals surface area contributed by atoms with Gasteiger partial charge in [-0.25, -0.2) is 4.68 Å². The standard InChI is InChI=1S/C39H49BrN8O8/c1-46-22-27(20-28(23-46)44-32-21-43-47(2)39(53)35(32)40)25-6-8-26(9-7-25)36(50)42-13-15-55-17-19-56-18-16-54-14-12-41-31-5-3-4-29-30(31)24-48(38(29)52)33-10-11-34(49)45-37(33)51/h3-9,21,27-28,33,41,44H,10-20,22-24H2,1-2H3,(H,42,50)(H,45,49,51)/t27-,28+,33?/m0/s1. The summed E-state index contributed by atoms with van der Waals surface area (Å²) in [6.45, 7) is 5.32. The molecule has 4 heterocycles. The highest BCUT2D eigenvalue weighted by Crippen LogP contribution is 2.32. The minimum Gasteiger partial charge on any atom is -0.382 e. The van der Waals surface area contributed by atoms with Crippen LogP contribution >= 0.6 is 15.9 Å². The molecular formula is C39H49BrN8O8. The molecule has 3 atom stereocenters. The van der Waals surface area contributed by atoms with Gasteiger partial charge >= 0.3 is 0 Å². The fourth-order valence-electron chi connectivity index (χ4n) is 7.29. The molecule has 300 valence electrons. The minimum atomic E-state index is -0.651. The molecule has 1 unspecified atom stereocenters.